The predicted octanol–water partition coefficient (Wildman–Crippen LogP) is 1.48. The van der Waals surface area contributed by atoms with Gasteiger partial charge in [-0.1, -0.05) is 18.2 Å². The number of hydrogen-bond acceptors (Lipinski definition) is 4. The van der Waals surface area contributed by atoms with Crippen molar-refractivity contribution in [3.8, 4) is 5.75 Å². The number of carbonyl (C=O) groups is 2. The lowest BCUT2D eigenvalue weighted by Crippen LogP contribution is -2.30. The van der Waals surface area contributed by atoms with Crippen molar-refractivity contribution < 1.29 is 19.1 Å². The number of amides is 1. The van der Waals surface area contributed by atoms with Gasteiger partial charge in [-0.15, -0.1) is 0 Å². The van der Waals surface area contributed by atoms with Gasteiger partial charge in [0.2, 0.25) is 5.91 Å². The molecule has 0 N–H and O–H groups in total. The van der Waals surface area contributed by atoms with Gasteiger partial charge in [-0.3, -0.25) is 9.59 Å². The molecule has 0 heterocycles. The normalized spacial score (nSPS) is 9.79. The third kappa shape index (κ3) is 5.90. The van der Waals surface area contributed by atoms with Crippen LogP contribution >= 0.6 is 0 Å². The Hall–Kier alpha value is -2.04. The minimum atomic E-state index is -0.319. The van der Waals surface area contributed by atoms with E-state index in [0.29, 0.717) is 13.2 Å². The van der Waals surface area contributed by atoms with Gasteiger partial charge < -0.3 is 14.4 Å². The van der Waals surface area contributed by atoms with Crippen molar-refractivity contribution in [2.75, 3.05) is 27.3 Å². The van der Waals surface area contributed by atoms with Crippen molar-refractivity contribution in [3.63, 3.8) is 0 Å². The van der Waals surface area contributed by atoms with E-state index >= 15 is 0 Å². The van der Waals surface area contributed by atoms with E-state index in [-0.39, 0.29) is 24.7 Å². The zero-order valence-corrected chi connectivity index (χ0v) is 11.3. The number of nitrogens with zero attached hydrogens (tertiary/aromatic N) is 1. The summed E-state index contributed by atoms with van der Waals surface area (Å²) in [5, 5.41) is 0. The summed E-state index contributed by atoms with van der Waals surface area (Å²) in [6.07, 6.45) is 0.491. The van der Waals surface area contributed by atoms with Gasteiger partial charge in [0.05, 0.1) is 26.6 Å². The van der Waals surface area contributed by atoms with Crippen molar-refractivity contribution in [1.29, 1.82) is 0 Å². The Bertz CT molecular complexity index is 405. The average Bonchev–Trinajstić information content (AvgIpc) is 2.45. The van der Waals surface area contributed by atoms with Crippen LogP contribution in [0.2, 0.25) is 0 Å². The lowest BCUT2D eigenvalue weighted by atomic mass is 10.3. The Balaban J connectivity index is 2.21. The zero-order chi connectivity index (χ0) is 14.1. The molecule has 0 fully saturated rings. The van der Waals surface area contributed by atoms with Crippen LogP contribution in [-0.4, -0.2) is 44.1 Å². The molecule has 5 nitrogen and oxygen atoms in total. The van der Waals surface area contributed by atoms with Gasteiger partial charge in [-0.2, -0.15) is 0 Å². The summed E-state index contributed by atoms with van der Waals surface area (Å²) in [6, 6.07) is 9.33. The summed E-state index contributed by atoms with van der Waals surface area (Å²) in [5.41, 5.74) is 0. The number of rotatable bonds is 7. The van der Waals surface area contributed by atoms with Gasteiger partial charge in [0.15, 0.2) is 0 Å². The third-order valence-corrected chi connectivity index (χ3v) is 2.63. The van der Waals surface area contributed by atoms with Crippen molar-refractivity contribution in [2.45, 2.75) is 12.8 Å². The highest BCUT2D eigenvalue weighted by molar-refractivity contribution is 5.77. The fourth-order valence-electron chi connectivity index (χ4n) is 1.45. The van der Waals surface area contributed by atoms with Crippen molar-refractivity contribution >= 4 is 11.9 Å². The molecule has 19 heavy (non-hydrogen) atoms. The van der Waals surface area contributed by atoms with Crippen molar-refractivity contribution in [2.24, 2.45) is 0 Å². The number of esters is 1. The molecule has 0 aliphatic heterocycles. The van der Waals surface area contributed by atoms with Crippen LogP contribution in [0.1, 0.15) is 12.8 Å². The van der Waals surface area contributed by atoms with Crippen LogP contribution in [0, 0.1) is 0 Å². The minimum absolute atomic E-state index is 0.0557. The van der Waals surface area contributed by atoms with E-state index in [1.807, 2.05) is 30.3 Å². The molecule has 5 heteroatoms. The summed E-state index contributed by atoms with van der Waals surface area (Å²) in [7, 11) is 2.99. The summed E-state index contributed by atoms with van der Waals surface area (Å²) < 4.78 is 9.95. The van der Waals surface area contributed by atoms with Crippen LogP contribution < -0.4 is 4.74 Å². The highest BCUT2D eigenvalue weighted by Gasteiger charge is 2.10. The zero-order valence-electron chi connectivity index (χ0n) is 11.3. The van der Waals surface area contributed by atoms with E-state index in [1.54, 1.807) is 7.05 Å². The summed E-state index contributed by atoms with van der Waals surface area (Å²) >= 11 is 0. The Labute approximate surface area is 113 Å². The number of hydrogen-bond donors (Lipinski definition) is 0. The van der Waals surface area contributed by atoms with E-state index < -0.39 is 0 Å². The molecule has 0 aromatic heterocycles. The Morgan fingerprint density at radius 2 is 1.84 bits per heavy atom. The van der Waals surface area contributed by atoms with Crippen LogP contribution in [0.4, 0.5) is 0 Å². The Kier molecular flexibility index (Phi) is 6.43. The second-order valence-corrected chi connectivity index (χ2v) is 4.05. The molecule has 0 spiro atoms. The first-order valence-electron chi connectivity index (χ1n) is 6.12. The fourth-order valence-corrected chi connectivity index (χ4v) is 1.45. The molecule has 0 atom stereocenters. The van der Waals surface area contributed by atoms with Gasteiger partial charge in [0.1, 0.15) is 5.75 Å². The number of carbonyl (C=O) groups excluding carboxylic acids is 2. The van der Waals surface area contributed by atoms with Crippen LogP contribution in [-0.2, 0) is 14.3 Å². The lowest BCUT2D eigenvalue weighted by molar-refractivity contribution is -0.141. The molecule has 1 rings (SSSR count). The molecule has 0 saturated heterocycles. The maximum atomic E-state index is 11.7. The Morgan fingerprint density at radius 3 is 2.47 bits per heavy atom. The monoisotopic (exact) mass is 265 g/mol. The highest BCUT2D eigenvalue weighted by atomic mass is 16.5. The topological polar surface area (TPSA) is 55.8 Å². The number of benzene rings is 1. The van der Waals surface area contributed by atoms with Crippen LogP contribution in [0.5, 0.6) is 5.75 Å². The Morgan fingerprint density at radius 1 is 1.16 bits per heavy atom. The van der Waals surface area contributed by atoms with Gasteiger partial charge in [0, 0.05) is 13.6 Å². The van der Waals surface area contributed by atoms with Gasteiger partial charge in [0.25, 0.3) is 0 Å². The molecule has 0 unspecified atom stereocenters. The second kappa shape index (κ2) is 8.13. The maximum absolute atomic E-state index is 11.7. The second-order valence-electron chi connectivity index (χ2n) is 4.05. The molecule has 1 aromatic carbocycles. The smallest absolute Gasteiger partial charge is 0.307 e. The van der Waals surface area contributed by atoms with E-state index in [1.165, 1.54) is 12.0 Å². The van der Waals surface area contributed by atoms with E-state index in [9.17, 15) is 9.59 Å². The molecule has 1 aromatic rings. The summed E-state index contributed by atoms with van der Waals surface area (Å²) in [4.78, 5) is 24.2. The van der Waals surface area contributed by atoms with Crippen LogP contribution in [0.3, 0.4) is 0 Å². The first-order chi connectivity index (χ1) is 9.13. The minimum Gasteiger partial charge on any atom is -0.493 e. The molecule has 0 aliphatic rings. The molecule has 0 radical (unpaired) electrons. The predicted molar refractivity (Wildman–Crippen MR) is 70.8 cm³/mol. The number of methoxy groups -OCH3 is 1. The standard InChI is InChI=1S/C14H19NO4/c1-15(10-8-14(17)18-2)13(16)9-11-19-12-6-4-3-5-7-12/h3-7H,8-11H2,1-2H3. The van der Waals surface area contributed by atoms with E-state index in [0.717, 1.165) is 5.75 Å². The lowest BCUT2D eigenvalue weighted by Gasteiger charge is -2.16. The molecular weight excluding hydrogens is 246 g/mol. The SMILES string of the molecule is COC(=O)CCN(C)C(=O)CCOc1ccccc1. The first kappa shape index (κ1) is 15.0. The first-order valence-corrected chi connectivity index (χ1v) is 6.12. The summed E-state index contributed by atoms with van der Waals surface area (Å²) in [5.74, 6) is 0.368. The summed E-state index contributed by atoms with van der Waals surface area (Å²) in [6.45, 7) is 0.683. The molecule has 104 valence electrons. The van der Waals surface area contributed by atoms with Crippen molar-refractivity contribution in [3.05, 3.63) is 30.3 Å². The van der Waals surface area contributed by atoms with E-state index in [2.05, 4.69) is 4.74 Å². The molecule has 0 aliphatic carbocycles. The van der Waals surface area contributed by atoms with Crippen LogP contribution in [0.15, 0.2) is 30.3 Å². The highest BCUT2D eigenvalue weighted by Crippen LogP contribution is 2.08. The van der Waals surface area contributed by atoms with Gasteiger partial charge in [-0.25, -0.2) is 0 Å². The third-order valence-electron chi connectivity index (χ3n) is 2.63. The number of para-hydroxylation sites is 1. The quantitative estimate of drug-likeness (QED) is 0.701. The molecule has 0 saturated carbocycles. The molecule has 1 amide bonds. The van der Waals surface area contributed by atoms with Gasteiger partial charge in [-0.05, 0) is 12.1 Å². The largest absolute Gasteiger partial charge is 0.493 e. The molecular formula is C14H19NO4. The van der Waals surface area contributed by atoms with E-state index in [4.69, 9.17) is 4.74 Å². The van der Waals surface area contributed by atoms with Gasteiger partial charge >= 0.3 is 5.97 Å². The molecule has 0 bridgehead atoms. The number of ether oxygens (including phenoxy) is 2. The fraction of sp³-hybridized carbons (Fsp3) is 0.429. The van der Waals surface area contributed by atoms with Crippen LogP contribution in [0.25, 0.3) is 0 Å². The van der Waals surface area contributed by atoms with Crippen molar-refractivity contribution in [1.82, 2.24) is 4.90 Å². The average molecular weight is 265 g/mol. The maximum Gasteiger partial charge on any atom is 0.307 e.